The van der Waals surface area contributed by atoms with Crippen LogP contribution in [-0.4, -0.2) is 61.0 Å². The summed E-state index contributed by atoms with van der Waals surface area (Å²) in [6, 6.07) is 9.68. The van der Waals surface area contributed by atoms with E-state index < -0.39 is 11.6 Å². The van der Waals surface area contributed by atoms with Crippen molar-refractivity contribution in [2.24, 2.45) is 7.05 Å². The van der Waals surface area contributed by atoms with Gasteiger partial charge < -0.3 is 29.7 Å². The number of Topliss-reactive ketones (excluding diaryl/α,β-unsaturated/α-hetero) is 1. The molecule has 3 N–H and O–H groups in total. The Labute approximate surface area is 259 Å². The largest absolute Gasteiger partial charge is 0.507 e. The van der Waals surface area contributed by atoms with Crippen molar-refractivity contribution in [3.63, 3.8) is 0 Å². The number of rotatable bonds is 7. The summed E-state index contributed by atoms with van der Waals surface area (Å²) in [4.78, 5) is 29.5. The third-order valence-corrected chi connectivity index (χ3v) is 9.90. The highest BCUT2D eigenvalue weighted by Gasteiger charge is 2.42. The smallest absolute Gasteiger partial charge is 0.350 e. The standard InChI is InChI=1S/C33H35N3O7S/c1-17-15-23-20(18(2)28(17)37)11-12-33(4,43-23)32(41)42-14-8-13-36-22-9-6-7-10-24(22)44-25(36)16-21-29(38)27(30(21)39)26-19(3)34-35(5)31(26)40/h6-7,9-10,15-16,25,37-38,40H,8,11-14H2,1-5H3/b21-16-. The summed E-state index contributed by atoms with van der Waals surface area (Å²) < 4.78 is 13.1. The zero-order valence-electron chi connectivity index (χ0n) is 25.3. The number of phenolic OH excluding ortho intramolecular Hbond substituents is 1. The summed E-state index contributed by atoms with van der Waals surface area (Å²) >= 11 is 1.57. The molecule has 0 saturated carbocycles. The van der Waals surface area contributed by atoms with Gasteiger partial charge in [0.15, 0.2) is 0 Å². The number of anilines is 1. The number of aromatic nitrogens is 2. The molecule has 0 bridgehead atoms. The van der Waals surface area contributed by atoms with Crippen molar-refractivity contribution in [2.45, 2.75) is 62.8 Å². The van der Waals surface area contributed by atoms with E-state index in [9.17, 15) is 24.9 Å². The summed E-state index contributed by atoms with van der Waals surface area (Å²) in [5, 5.41) is 35.4. The van der Waals surface area contributed by atoms with Crippen molar-refractivity contribution in [2.75, 3.05) is 18.1 Å². The Morgan fingerprint density at radius 2 is 1.98 bits per heavy atom. The van der Waals surface area contributed by atoms with E-state index in [2.05, 4.69) is 10.00 Å². The number of ketones is 1. The molecule has 0 amide bonds. The van der Waals surface area contributed by atoms with E-state index in [0.29, 0.717) is 42.8 Å². The van der Waals surface area contributed by atoms with Crippen LogP contribution in [0.1, 0.15) is 47.7 Å². The molecule has 1 aromatic heterocycles. The Morgan fingerprint density at radius 3 is 2.68 bits per heavy atom. The molecule has 230 valence electrons. The van der Waals surface area contributed by atoms with E-state index in [1.165, 1.54) is 4.68 Å². The lowest BCUT2D eigenvalue weighted by atomic mass is 9.83. The van der Waals surface area contributed by atoms with Crippen LogP contribution in [0, 0.1) is 20.8 Å². The van der Waals surface area contributed by atoms with Gasteiger partial charge in [0.05, 0.1) is 40.1 Å². The quantitative estimate of drug-likeness (QED) is 0.185. The van der Waals surface area contributed by atoms with Crippen LogP contribution in [0.15, 0.2) is 52.6 Å². The predicted octanol–water partition coefficient (Wildman–Crippen LogP) is 5.19. The van der Waals surface area contributed by atoms with Gasteiger partial charge in [0, 0.05) is 30.5 Å². The first kappa shape index (κ1) is 29.7. The molecule has 0 fully saturated rings. The van der Waals surface area contributed by atoms with Crippen LogP contribution in [0.4, 0.5) is 5.69 Å². The molecule has 3 aliphatic rings. The van der Waals surface area contributed by atoms with Crippen molar-refractivity contribution in [3.05, 3.63) is 75.7 Å². The lowest BCUT2D eigenvalue weighted by Crippen LogP contribution is -2.46. The van der Waals surface area contributed by atoms with Gasteiger partial charge in [-0.25, -0.2) is 9.48 Å². The van der Waals surface area contributed by atoms with E-state index in [0.717, 1.165) is 21.7 Å². The minimum Gasteiger partial charge on any atom is -0.507 e. The number of aromatic hydroxyl groups is 2. The normalized spacial score (nSPS) is 21.7. The third kappa shape index (κ3) is 4.79. The van der Waals surface area contributed by atoms with Crippen LogP contribution in [0.3, 0.4) is 0 Å². The van der Waals surface area contributed by atoms with Crippen molar-refractivity contribution in [1.29, 1.82) is 0 Å². The first-order valence-electron chi connectivity index (χ1n) is 14.5. The number of carbonyl (C=O) groups excluding carboxylic acids is 2. The minimum atomic E-state index is -1.13. The van der Waals surface area contributed by atoms with Gasteiger partial charge in [-0.15, -0.1) is 0 Å². The number of carbonyl (C=O) groups is 2. The van der Waals surface area contributed by atoms with E-state index in [1.54, 1.807) is 51.7 Å². The lowest BCUT2D eigenvalue weighted by molar-refractivity contribution is -0.162. The highest BCUT2D eigenvalue weighted by atomic mass is 32.2. The number of hydrogen-bond donors (Lipinski definition) is 3. The van der Waals surface area contributed by atoms with Gasteiger partial charge in [0.2, 0.25) is 17.3 Å². The molecule has 6 rings (SSSR count). The SMILES string of the molecule is Cc1cc2c(c(C)c1O)CCC(C)(C(=O)OCCCN1c3ccccc3SC1/C=C1\C(=O)C(c3c(C)nn(C)c3O)=C1O)O2. The Kier molecular flexibility index (Phi) is 7.39. The molecule has 3 aromatic rings. The number of hydrogen-bond acceptors (Lipinski definition) is 10. The van der Waals surface area contributed by atoms with Crippen LogP contribution in [0.25, 0.3) is 5.57 Å². The highest BCUT2D eigenvalue weighted by Crippen LogP contribution is 2.47. The molecule has 10 nitrogen and oxygen atoms in total. The first-order chi connectivity index (χ1) is 20.9. The number of allylic oxidation sites excluding steroid dienone is 2. The number of aliphatic hydroxyl groups excluding tert-OH is 1. The maximum Gasteiger partial charge on any atom is 0.350 e. The maximum absolute atomic E-state index is 13.2. The number of nitrogens with zero attached hydrogens (tertiary/aromatic N) is 3. The zero-order valence-corrected chi connectivity index (χ0v) is 26.1. The predicted molar refractivity (Wildman–Crippen MR) is 166 cm³/mol. The first-order valence-corrected chi connectivity index (χ1v) is 15.4. The number of benzene rings is 2. The Bertz CT molecular complexity index is 1770. The van der Waals surface area contributed by atoms with Crippen molar-refractivity contribution in [1.82, 2.24) is 9.78 Å². The fourth-order valence-corrected chi connectivity index (χ4v) is 7.39. The van der Waals surface area contributed by atoms with Gasteiger partial charge >= 0.3 is 5.97 Å². The summed E-state index contributed by atoms with van der Waals surface area (Å²) in [5.41, 5.74) is 3.23. The van der Waals surface area contributed by atoms with E-state index >= 15 is 0 Å². The number of esters is 1. The number of phenols is 1. The van der Waals surface area contributed by atoms with Gasteiger partial charge in [-0.2, -0.15) is 5.10 Å². The summed E-state index contributed by atoms with van der Waals surface area (Å²) in [5.74, 6) is -0.248. The van der Waals surface area contributed by atoms with Gasteiger partial charge in [-0.1, -0.05) is 23.9 Å². The van der Waals surface area contributed by atoms with Crippen molar-refractivity contribution >= 4 is 34.8 Å². The summed E-state index contributed by atoms with van der Waals surface area (Å²) in [6.07, 6.45) is 3.32. The summed E-state index contributed by atoms with van der Waals surface area (Å²) in [7, 11) is 1.57. The molecule has 11 heteroatoms. The number of aliphatic hydroxyl groups is 1. The van der Waals surface area contributed by atoms with Gasteiger partial charge in [-0.05, 0) is 75.9 Å². The average Bonchev–Trinajstić information content (AvgIpc) is 3.47. The Hall–Kier alpha value is -4.38. The van der Waals surface area contributed by atoms with Crippen LogP contribution in [0.5, 0.6) is 17.4 Å². The van der Waals surface area contributed by atoms with E-state index in [-0.39, 0.29) is 51.9 Å². The van der Waals surface area contributed by atoms with Crippen LogP contribution in [0.2, 0.25) is 0 Å². The number of fused-ring (bicyclic) bond motifs is 2. The maximum atomic E-state index is 13.2. The van der Waals surface area contributed by atoms with Crippen LogP contribution >= 0.6 is 11.8 Å². The molecular weight excluding hydrogens is 582 g/mol. The zero-order chi connectivity index (χ0) is 31.5. The van der Waals surface area contributed by atoms with Gasteiger partial charge in [0.1, 0.15) is 17.3 Å². The van der Waals surface area contributed by atoms with E-state index in [1.807, 2.05) is 31.2 Å². The number of para-hydroxylation sites is 1. The Morgan fingerprint density at radius 1 is 1.23 bits per heavy atom. The van der Waals surface area contributed by atoms with Gasteiger partial charge in [0.25, 0.3) is 0 Å². The van der Waals surface area contributed by atoms with Crippen molar-refractivity contribution in [3.8, 4) is 17.4 Å². The molecule has 44 heavy (non-hydrogen) atoms. The molecular formula is C33H35N3O7S. The van der Waals surface area contributed by atoms with Crippen molar-refractivity contribution < 1.29 is 34.4 Å². The summed E-state index contributed by atoms with van der Waals surface area (Å²) in [6.45, 7) is 7.79. The molecule has 3 heterocycles. The van der Waals surface area contributed by atoms with Gasteiger partial charge in [-0.3, -0.25) is 4.79 Å². The molecule has 2 unspecified atom stereocenters. The molecule has 0 radical (unpaired) electrons. The highest BCUT2D eigenvalue weighted by molar-refractivity contribution is 8.00. The molecule has 2 aliphatic heterocycles. The molecule has 2 atom stereocenters. The number of aryl methyl sites for hydroxylation is 3. The fourth-order valence-electron chi connectivity index (χ4n) is 6.12. The fraction of sp³-hybridized carbons (Fsp3) is 0.364. The van der Waals surface area contributed by atoms with Crippen LogP contribution < -0.4 is 9.64 Å². The molecule has 2 aromatic carbocycles. The topological polar surface area (TPSA) is 134 Å². The molecule has 1 aliphatic carbocycles. The van der Waals surface area contributed by atoms with Crippen LogP contribution in [-0.2, 0) is 27.8 Å². The Balaban J connectivity index is 1.13. The third-order valence-electron chi connectivity index (χ3n) is 8.67. The monoisotopic (exact) mass is 617 g/mol. The lowest BCUT2D eigenvalue weighted by Gasteiger charge is -2.34. The average molecular weight is 618 g/mol. The molecule has 0 spiro atoms. The second-order valence-corrected chi connectivity index (χ2v) is 12.8. The van der Waals surface area contributed by atoms with E-state index in [4.69, 9.17) is 9.47 Å². The number of ether oxygens (including phenoxy) is 2. The number of thioether (sulfide) groups is 1. The second kappa shape index (κ2) is 11.0. The second-order valence-electron chi connectivity index (χ2n) is 11.7. The minimum absolute atomic E-state index is 0.0708. The molecule has 0 saturated heterocycles.